The van der Waals surface area contributed by atoms with Gasteiger partial charge >= 0.3 is 17.9 Å². The monoisotopic (exact) mass is 779 g/mol. The molecule has 0 fully saturated rings. The van der Waals surface area contributed by atoms with E-state index in [-0.39, 0.29) is 31.1 Å². The molecule has 0 unspecified atom stereocenters. The molecule has 326 valence electrons. The fourth-order valence-corrected chi connectivity index (χ4v) is 7.23. The van der Waals surface area contributed by atoms with Gasteiger partial charge in [0.15, 0.2) is 6.10 Å². The molecular weight excluding hydrogens is 685 g/mol. The van der Waals surface area contributed by atoms with Crippen LogP contribution in [0.5, 0.6) is 0 Å². The van der Waals surface area contributed by atoms with Crippen LogP contribution in [-0.4, -0.2) is 37.2 Å². The second kappa shape index (κ2) is 40.6. The van der Waals surface area contributed by atoms with E-state index in [1.807, 2.05) is 0 Å². The van der Waals surface area contributed by atoms with Crippen LogP contribution in [0.4, 0.5) is 0 Å². The molecule has 0 saturated heterocycles. The third-order valence-corrected chi connectivity index (χ3v) is 10.9. The van der Waals surface area contributed by atoms with Crippen LogP contribution in [0.15, 0.2) is 0 Å². The summed E-state index contributed by atoms with van der Waals surface area (Å²) in [6, 6.07) is 0. The van der Waals surface area contributed by atoms with Gasteiger partial charge in [0.05, 0.1) is 0 Å². The number of rotatable bonds is 42. The van der Waals surface area contributed by atoms with E-state index in [1.54, 1.807) is 0 Å². The van der Waals surface area contributed by atoms with Crippen molar-refractivity contribution in [2.45, 2.75) is 266 Å². The Bertz CT molecular complexity index is 852. The minimum atomic E-state index is -0.762. The Morgan fingerprint density at radius 3 is 0.782 bits per heavy atom. The van der Waals surface area contributed by atoms with Gasteiger partial charge in [-0.3, -0.25) is 14.4 Å². The first kappa shape index (κ1) is 53.4. The number of carbonyl (C=O) groups excluding carboxylic acids is 3. The highest BCUT2D eigenvalue weighted by Gasteiger charge is 2.19. The highest BCUT2D eigenvalue weighted by atomic mass is 16.6. The van der Waals surface area contributed by atoms with Gasteiger partial charge < -0.3 is 14.2 Å². The number of carbonyl (C=O) groups is 3. The van der Waals surface area contributed by atoms with Crippen molar-refractivity contribution >= 4 is 17.9 Å². The molecular formula is C49H94O6. The van der Waals surface area contributed by atoms with Gasteiger partial charge in [-0.25, -0.2) is 0 Å². The van der Waals surface area contributed by atoms with E-state index in [2.05, 4.69) is 41.5 Å². The van der Waals surface area contributed by atoms with Crippen LogP contribution in [0.1, 0.15) is 260 Å². The van der Waals surface area contributed by atoms with Gasteiger partial charge in [0.25, 0.3) is 0 Å². The van der Waals surface area contributed by atoms with Gasteiger partial charge in [0.1, 0.15) is 13.2 Å². The van der Waals surface area contributed by atoms with E-state index < -0.39 is 6.10 Å². The normalized spacial score (nSPS) is 12.2. The molecule has 0 heterocycles. The van der Waals surface area contributed by atoms with Gasteiger partial charge in [0.2, 0.25) is 0 Å². The quantitative estimate of drug-likeness (QED) is 0.0349. The summed E-state index contributed by atoms with van der Waals surface area (Å²) in [4.78, 5) is 37.8. The lowest BCUT2D eigenvalue weighted by Gasteiger charge is -2.18. The summed E-state index contributed by atoms with van der Waals surface area (Å²) >= 11 is 0. The molecule has 0 aliphatic heterocycles. The molecule has 1 atom stereocenters. The van der Waals surface area contributed by atoms with Crippen LogP contribution in [0.3, 0.4) is 0 Å². The van der Waals surface area contributed by atoms with Crippen LogP contribution in [-0.2, 0) is 28.6 Å². The molecule has 0 aliphatic carbocycles. The zero-order valence-electron chi connectivity index (χ0n) is 37.7. The van der Waals surface area contributed by atoms with Crippen molar-refractivity contribution in [3.63, 3.8) is 0 Å². The Balaban J connectivity index is 4.33. The maximum Gasteiger partial charge on any atom is 0.306 e. The molecule has 6 heteroatoms. The summed E-state index contributed by atoms with van der Waals surface area (Å²) in [5.41, 5.74) is 0. The molecule has 0 aromatic rings. The SMILES string of the molecule is CC(C)CCCCCCCCCCCCCC(=O)OC[C@@H](COC(=O)CCCCCCCCCCC(C)C)OC(=O)CCCCCCCCCCCC(C)C. The molecule has 0 spiro atoms. The summed E-state index contributed by atoms with van der Waals surface area (Å²) in [5.74, 6) is 1.57. The lowest BCUT2D eigenvalue weighted by molar-refractivity contribution is -0.167. The summed E-state index contributed by atoms with van der Waals surface area (Å²) in [7, 11) is 0. The smallest absolute Gasteiger partial charge is 0.306 e. The summed E-state index contributed by atoms with van der Waals surface area (Å²) < 4.78 is 16.7. The number of ether oxygens (including phenoxy) is 3. The fraction of sp³-hybridized carbons (Fsp3) is 0.939. The first-order chi connectivity index (χ1) is 26.6. The minimum absolute atomic E-state index is 0.0658. The molecule has 0 saturated carbocycles. The maximum atomic E-state index is 12.7. The Kier molecular flexibility index (Phi) is 39.4. The van der Waals surface area contributed by atoms with E-state index >= 15 is 0 Å². The van der Waals surface area contributed by atoms with Crippen molar-refractivity contribution < 1.29 is 28.6 Å². The highest BCUT2D eigenvalue weighted by Crippen LogP contribution is 2.17. The molecule has 6 nitrogen and oxygen atoms in total. The van der Waals surface area contributed by atoms with Gasteiger partial charge in [-0.2, -0.15) is 0 Å². The third kappa shape index (κ3) is 43.4. The largest absolute Gasteiger partial charge is 0.462 e. The topological polar surface area (TPSA) is 78.9 Å². The van der Waals surface area contributed by atoms with E-state index in [9.17, 15) is 14.4 Å². The molecule has 0 radical (unpaired) electrons. The first-order valence-corrected chi connectivity index (χ1v) is 24.1. The van der Waals surface area contributed by atoms with Crippen molar-refractivity contribution in [1.29, 1.82) is 0 Å². The number of unbranched alkanes of at least 4 members (excludes halogenated alkanes) is 25. The molecule has 55 heavy (non-hydrogen) atoms. The van der Waals surface area contributed by atoms with Crippen molar-refractivity contribution in [1.82, 2.24) is 0 Å². The lowest BCUT2D eigenvalue weighted by Crippen LogP contribution is -2.30. The maximum absolute atomic E-state index is 12.7. The molecule has 0 rings (SSSR count). The number of hydrogen-bond donors (Lipinski definition) is 0. The van der Waals surface area contributed by atoms with Crippen molar-refractivity contribution in [2.75, 3.05) is 13.2 Å². The predicted octanol–water partition coefficient (Wildman–Crippen LogP) is 15.2. The predicted molar refractivity (Wildman–Crippen MR) is 233 cm³/mol. The minimum Gasteiger partial charge on any atom is -0.462 e. The standard InChI is InChI=1S/C49H94O6/c1-43(2)35-29-23-17-11-8-7-9-13-20-26-32-38-47(50)53-41-46(42-54-48(51)39-33-27-21-16-15-19-25-31-37-45(5)6)55-49(52)40-34-28-22-14-10-12-18-24-30-36-44(3)4/h43-46H,7-42H2,1-6H3/t46-/m0/s1. The first-order valence-electron chi connectivity index (χ1n) is 24.1. The zero-order chi connectivity index (χ0) is 40.6. The van der Waals surface area contributed by atoms with Crippen LogP contribution in [0, 0.1) is 17.8 Å². The van der Waals surface area contributed by atoms with Gasteiger partial charge in [-0.05, 0) is 37.0 Å². The number of hydrogen-bond acceptors (Lipinski definition) is 6. The lowest BCUT2D eigenvalue weighted by atomic mass is 10.0. The Morgan fingerprint density at radius 1 is 0.309 bits per heavy atom. The van der Waals surface area contributed by atoms with Crippen LogP contribution < -0.4 is 0 Å². The van der Waals surface area contributed by atoms with Crippen LogP contribution in [0.2, 0.25) is 0 Å². The van der Waals surface area contributed by atoms with Crippen molar-refractivity contribution in [3.05, 3.63) is 0 Å². The van der Waals surface area contributed by atoms with Crippen molar-refractivity contribution in [3.8, 4) is 0 Å². The third-order valence-electron chi connectivity index (χ3n) is 10.9. The average Bonchev–Trinajstić information content (AvgIpc) is 3.13. The van der Waals surface area contributed by atoms with E-state index in [0.717, 1.165) is 75.5 Å². The van der Waals surface area contributed by atoms with Gasteiger partial charge in [0, 0.05) is 19.3 Å². The van der Waals surface area contributed by atoms with E-state index in [0.29, 0.717) is 19.3 Å². The van der Waals surface area contributed by atoms with Crippen LogP contribution >= 0.6 is 0 Å². The Hall–Kier alpha value is -1.59. The molecule has 0 bridgehead atoms. The summed E-state index contributed by atoms with van der Waals surface area (Å²) in [6.07, 6.45) is 38.1. The summed E-state index contributed by atoms with van der Waals surface area (Å²) in [6.45, 7) is 13.6. The zero-order valence-corrected chi connectivity index (χ0v) is 37.7. The van der Waals surface area contributed by atoms with Gasteiger partial charge in [-0.15, -0.1) is 0 Å². The molecule has 0 amide bonds. The van der Waals surface area contributed by atoms with E-state index in [4.69, 9.17) is 14.2 Å². The van der Waals surface area contributed by atoms with Gasteiger partial charge in [-0.1, -0.05) is 221 Å². The molecule has 0 aromatic heterocycles. The van der Waals surface area contributed by atoms with Crippen molar-refractivity contribution in [2.24, 2.45) is 17.8 Å². The Morgan fingerprint density at radius 2 is 0.527 bits per heavy atom. The van der Waals surface area contributed by atoms with E-state index in [1.165, 1.54) is 141 Å². The number of esters is 3. The van der Waals surface area contributed by atoms with Crippen LogP contribution in [0.25, 0.3) is 0 Å². The fourth-order valence-electron chi connectivity index (χ4n) is 7.23. The Labute approximate surface area is 342 Å². The molecule has 0 N–H and O–H groups in total. The second-order valence-corrected chi connectivity index (χ2v) is 18.2. The molecule has 0 aliphatic rings. The summed E-state index contributed by atoms with van der Waals surface area (Å²) in [5, 5.41) is 0. The average molecular weight is 779 g/mol. The second-order valence-electron chi connectivity index (χ2n) is 18.2. The molecule has 0 aromatic carbocycles. The highest BCUT2D eigenvalue weighted by molar-refractivity contribution is 5.71.